The third-order valence-corrected chi connectivity index (χ3v) is 4.25. The predicted molar refractivity (Wildman–Crippen MR) is 85.8 cm³/mol. The van der Waals surface area contributed by atoms with Crippen molar-refractivity contribution in [2.45, 2.75) is 20.4 Å². The van der Waals surface area contributed by atoms with Crippen molar-refractivity contribution >= 4 is 5.91 Å². The highest BCUT2D eigenvalue weighted by molar-refractivity contribution is 5.95. The molecule has 1 aliphatic rings. The van der Waals surface area contributed by atoms with Crippen LogP contribution >= 0.6 is 0 Å². The molecular weight excluding hydrogens is 295 g/mol. The highest BCUT2D eigenvalue weighted by Crippen LogP contribution is 2.17. The van der Waals surface area contributed by atoms with Gasteiger partial charge in [-0.1, -0.05) is 12.1 Å². The number of nitrogens with zero attached hydrogens (tertiary/aromatic N) is 2. The average Bonchev–Trinajstić information content (AvgIpc) is 2.88. The Morgan fingerprint density at radius 1 is 1.13 bits per heavy atom. The number of carbonyl (C=O) groups excluding carboxylic acids is 1. The molecule has 1 saturated heterocycles. The fourth-order valence-electron chi connectivity index (χ4n) is 2.97. The Bertz CT molecular complexity index is 686. The molecule has 2 aromatic rings. The van der Waals surface area contributed by atoms with Crippen LogP contribution in [0.2, 0.25) is 0 Å². The van der Waals surface area contributed by atoms with Crippen LogP contribution in [0.15, 0.2) is 34.7 Å². The number of piperazine rings is 1. The van der Waals surface area contributed by atoms with Gasteiger partial charge >= 0.3 is 0 Å². The van der Waals surface area contributed by atoms with Gasteiger partial charge < -0.3 is 9.32 Å². The lowest BCUT2D eigenvalue weighted by atomic mass is 10.1. The molecule has 1 aromatic heterocycles. The maximum absolute atomic E-state index is 12.9. The number of amides is 1. The topological polar surface area (TPSA) is 36.7 Å². The molecule has 122 valence electrons. The predicted octanol–water partition coefficient (Wildman–Crippen LogP) is 2.99. The van der Waals surface area contributed by atoms with E-state index >= 15 is 0 Å². The van der Waals surface area contributed by atoms with Crippen LogP contribution in [0.5, 0.6) is 0 Å². The fraction of sp³-hybridized carbons (Fsp3) is 0.389. The second-order valence-corrected chi connectivity index (χ2v) is 6.02. The van der Waals surface area contributed by atoms with E-state index in [9.17, 15) is 9.18 Å². The smallest absolute Gasteiger partial charge is 0.257 e. The van der Waals surface area contributed by atoms with E-state index in [0.717, 1.165) is 31.0 Å². The van der Waals surface area contributed by atoms with Gasteiger partial charge in [-0.25, -0.2) is 4.39 Å². The number of rotatable bonds is 3. The molecule has 0 atom stereocenters. The Balaban J connectivity index is 1.57. The monoisotopic (exact) mass is 316 g/mol. The molecule has 1 fully saturated rings. The summed E-state index contributed by atoms with van der Waals surface area (Å²) in [7, 11) is 0. The molecule has 0 spiro atoms. The van der Waals surface area contributed by atoms with Gasteiger partial charge in [0, 0.05) is 32.7 Å². The minimum absolute atomic E-state index is 0.0424. The van der Waals surface area contributed by atoms with Crippen molar-refractivity contribution in [3.8, 4) is 0 Å². The van der Waals surface area contributed by atoms with Crippen molar-refractivity contribution in [1.82, 2.24) is 9.80 Å². The summed E-state index contributed by atoms with van der Waals surface area (Å²) >= 11 is 0. The Kier molecular flexibility index (Phi) is 4.48. The molecule has 0 saturated carbocycles. The first-order chi connectivity index (χ1) is 11.0. The second-order valence-electron chi connectivity index (χ2n) is 6.02. The van der Waals surface area contributed by atoms with E-state index < -0.39 is 0 Å². The number of hydrogen-bond donors (Lipinski definition) is 0. The van der Waals surface area contributed by atoms with Gasteiger partial charge in [0.05, 0.1) is 5.56 Å². The molecule has 23 heavy (non-hydrogen) atoms. The van der Waals surface area contributed by atoms with Gasteiger partial charge in [0.1, 0.15) is 17.3 Å². The summed E-state index contributed by atoms with van der Waals surface area (Å²) in [5.41, 5.74) is 1.75. The molecule has 1 aromatic carbocycles. The third-order valence-electron chi connectivity index (χ3n) is 4.25. The molecule has 0 unspecified atom stereocenters. The van der Waals surface area contributed by atoms with Crippen LogP contribution in [-0.4, -0.2) is 41.9 Å². The summed E-state index contributed by atoms with van der Waals surface area (Å²) in [6, 6.07) is 8.40. The first-order valence-electron chi connectivity index (χ1n) is 7.86. The quantitative estimate of drug-likeness (QED) is 0.873. The van der Waals surface area contributed by atoms with Gasteiger partial charge in [-0.2, -0.15) is 0 Å². The zero-order chi connectivity index (χ0) is 16.4. The molecule has 0 bridgehead atoms. The lowest BCUT2D eigenvalue weighted by Crippen LogP contribution is -2.48. The summed E-state index contributed by atoms with van der Waals surface area (Å²) < 4.78 is 18.4. The molecule has 2 heterocycles. The normalized spacial score (nSPS) is 15.9. The number of benzene rings is 1. The van der Waals surface area contributed by atoms with Crippen molar-refractivity contribution in [3.05, 3.63) is 58.8 Å². The van der Waals surface area contributed by atoms with Crippen molar-refractivity contribution < 1.29 is 13.6 Å². The molecule has 0 aliphatic carbocycles. The zero-order valence-electron chi connectivity index (χ0n) is 13.5. The van der Waals surface area contributed by atoms with Crippen molar-refractivity contribution in [3.63, 3.8) is 0 Å². The SMILES string of the molecule is Cc1cc(C(=O)N2CCN(Cc3ccc(F)cc3)CC2)c(C)o1. The van der Waals surface area contributed by atoms with Crippen LogP contribution in [0.4, 0.5) is 4.39 Å². The van der Waals surface area contributed by atoms with Crippen molar-refractivity contribution in [2.75, 3.05) is 26.2 Å². The van der Waals surface area contributed by atoms with Crippen LogP contribution in [0, 0.1) is 19.7 Å². The standard InChI is InChI=1S/C18H21FN2O2/c1-13-11-17(14(2)23-13)18(22)21-9-7-20(8-10-21)12-15-3-5-16(19)6-4-15/h3-6,11H,7-10,12H2,1-2H3. The van der Waals surface area contributed by atoms with Crippen LogP contribution in [0.25, 0.3) is 0 Å². The number of carbonyl (C=O) groups is 1. The van der Waals surface area contributed by atoms with E-state index in [2.05, 4.69) is 4.90 Å². The molecule has 5 heteroatoms. The van der Waals surface area contributed by atoms with Gasteiger partial charge in [0.15, 0.2) is 0 Å². The number of hydrogen-bond acceptors (Lipinski definition) is 3. The van der Waals surface area contributed by atoms with Gasteiger partial charge in [-0.15, -0.1) is 0 Å². The minimum Gasteiger partial charge on any atom is -0.466 e. The van der Waals surface area contributed by atoms with Gasteiger partial charge in [-0.3, -0.25) is 9.69 Å². The minimum atomic E-state index is -0.213. The fourth-order valence-corrected chi connectivity index (χ4v) is 2.97. The van der Waals surface area contributed by atoms with E-state index in [4.69, 9.17) is 4.42 Å². The summed E-state index contributed by atoms with van der Waals surface area (Å²) in [6.07, 6.45) is 0. The number of furan rings is 1. The molecule has 4 nitrogen and oxygen atoms in total. The van der Waals surface area contributed by atoms with Crippen LogP contribution in [-0.2, 0) is 6.54 Å². The van der Waals surface area contributed by atoms with Gasteiger partial charge in [-0.05, 0) is 37.6 Å². The van der Waals surface area contributed by atoms with E-state index in [1.807, 2.05) is 36.9 Å². The third kappa shape index (κ3) is 3.62. The summed E-state index contributed by atoms with van der Waals surface area (Å²) in [4.78, 5) is 16.7. The van der Waals surface area contributed by atoms with Crippen molar-refractivity contribution in [1.29, 1.82) is 0 Å². The lowest BCUT2D eigenvalue weighted by Gasteiger charge is -2.34. The maximum Gasteiger partial charge on any atom is 0.257 e. The van der Waals surface area contributed by atoms with E-state index in [0.29, 0.717) is 24.4 Å². The Morgan fingerprint density at radius 3 is 2.35 bits per heavy atom. The van der Waals surface area contributed by atoms with Gasteiger partial charge in [0.2, 0.25) is 0 Å². The molecule has 1 aliphatic heterocycles. The highest BCUT2D eigenvalue weighted by Gasteiger charge is 2.24. The lowest BCUT2D eigenvalue weighted by molar-refractivity contribution is 0.0626. The van der Waals surface area contributed by atoms with E-state index in [1.54, 1.807) is 0 Å². The Labute approximate surface area is 135 Å². The number of halogens is 1. The molecule has 3 rings (SSSR count). The molecule has 0 N–H and O–H groups in total. The van der Waals surface area contributed by atoms with Crippen LogP contribution in [0.3, 0.4) is 0 Å². The summed E-state index contributed by atoms with van der Waals surface area (Å²) in [5, 5.41) is 0. The van der Waals surface area contributed by atoms with Crippen LogP contribution < -0.4 is 0 Å². The van der Waals surface area contributed by atoms with Crippen molar-refractivity contribution in [2.24, 2.45) is 0 Å². The van der Waals surface area contributed by atoms with E-state index in [-0.39, 0.29) is 11.7 Å². The zero-order valence-corrected chi connectivity index (χ0v) is 13.5. The first-order valence-corrected chi connectivity index (χ1v) is 7.86. The summed E-state index contributed by atoms with van der Waals surface area (Å²) in [5.74, 6) is 1.28. The highest BCUT2D eigenvalue weighted by atomic mass is 19.1. The second kappa shape index (κ2) is 6.54. The van der Waals surface area contributed by atoms with Gasteiger partial charge in [0.25, 0.3) is 5.91 Å². The average molecular weight is 316 g/mol. The van der Waals surface area contributed by atoms with Crippen LogP contribution in [0.1, 0.15) is 27.4 Å². The Morgan fingerprint density at radius 2 is 1.78 bits per heavy atom. The molecular formula is C18H21FN2O2. The van der Waals surface area contributed by atoms with E-state index in [1.165, 1.54) is 12.1 Å². The molecule has 1 amide bonds. The largest absolute Gasteiger partial charge is 0.466 e. The maximum atomic E-state index is 12.9. The Hall–Kier alpha value is -2.14. The summed E-state index contributed by atoms with van der Waals surface area (Å²) in [6.45, 7) is 7.49. The molecule has 0 radical (unpaired) electrons. The first kappa shape index (κ1) is 15.7. The number of aryl methyl sites for hydroxylation is 2.